The van der Waals surface area contributed by atoms with Crippen LogP contribution in [0.25, 0.3) is 0 Å². The first kappa shape index (κ1) is 35.5. The van der Waals surface area contributed by atoms with Gasteiger partial charge in [0.15, 0.2) is 0 Å². The maximum Gasteiger partial charge on any atom is 2.00 e. The fourth-order valence-electron chi connectivity index (χ4n) is 3.29. The first-order valence-corrected chi connectivity index (χ1v) is 19.4. The minimum Gasteiger partial charge on any atom is 2.00 e. The third-order valence-electron chi connectivity index (χ3n) is 5.15. The summed E-state index contributed by atoms with van der Waals surface area (Å²) in [6.07, 6.45) is 16.7. The van der Waals surface area contributed by atoms with E-state index in [1.54, 1.807) is 10.6 Å². The van der Waals surface area contributed by atoms with Crippen molar-refractivity contribution in [3.8, 4) is 0 Å². The van der Waals surface area contributed by atoms with E-state index in [-0.39, 0.29) is 48.9 Å². The summed E-state index contributed by atoms with van der Waals surface area (Å²) in [5, 5.41) is 3.25. The minimum atomic E-state index is -0.106. The van der Waals surface area contributed by atoms with Gasteiger partial charge in [-0.3, -0.25) is 0 Å². The van der Waals surface area contributed by atoms with E-state index in [4.69, 9.17) is 19.1 Å². The van der Waals surface area contributed by atoms with Crippen molar-refractivity contribution in [1.82, 2.24) is 0 Å². The second-order valence-electron chi connectivity index (χ2n) is 7.72. The predicted octanol–water partition coefficient (Wildman–Crippen LogP) is 9.60. The molecule has 0 aliphatic carbocycles. The van der Waals surface area contributed by atoms with Crippen LogP contribution >= 0.6 is 34.9 Å². The molecule has 32 heavy (non-hydrogen) atoms. The molecule has 0 amide bonds. The second-order valence-corrected chi connectivity index (χ2v) is 15.1. The molecule has 0 heterocycles. The van der Waals surface area contributed by atoms with E-state index in [0.717, 1.165) is 0 Å². The fraction of sp³-hybridized carbons (Fsp3) is 0.615. The molecule has 0 saturated carbocycles. The van der Waals surface area contributed by atoms with Gasteiger partial charge in [-0.25, -0.2) is 12.1 Å². The number of hydrogen-bond donors (Lipinski definition) is 0. The van der Waals surface area contributed by atoms with Crippen LogP contribution in [0.4, 0.5) is 0 Å². The number of hydrogen-bond acceptors (Lipinski definition) is 0. The van der Waals surface area contributed by atoms with Crippen LogP contribution in [0.5, 0.6) is 0 Å². The average molecular weight is 652 g/mol. The Hall–Kier alpha value is 1.32. The summed E-state index contributed by atoms with van der Waals surface area (Å²) in [4.78, 5) is 0. The molecule has 190 valence electrons. The van der Waals surface area contributed by atoms with Crippen molar-refractivity contribution in [2.75, 3.05) is 24.6 Å². The SMILES string of the molecule is CCCCP(CCCC)c1cc[cH-]c1.CCCCP(CCCC)c1cc[cH-]c1.[Cl][Pd][Cl].[Fe+2]. The van der Waals surface area contributed by atoms with Gasteiger partial charge in [-0.15, -0.1) is 15.8 Å². The smallest absolute Gasteiger partial charge is 2.00 e. The maximum atomic E-state index is 4.81. The van der Waals surface area contributed by atoms with Crippen molar-refractivity contribution < 1.29 is 33.0 Å². The van der Waals surface area contributed by atoms with E-state index in [9.17, 15) is 0 Å². The monoisotopic (exact) mass is 650 g/mol. The Morgan fingerprint density at radius 3 is 1.12 bits per heavy atom. The molecule has 2 aromatic carbocycles. The molecule has 0 aliphatic heterocycles. The van der Waals surface area contributed by atoms with Gasteiger partial charge in [0, 0.05) is 0 Å². The second kappa shape index (κ2) is 26.9. The molecule has 0 unspecified atom stereocenters. The molecule has 0 aromatic heterocycles. The van der Waals surface area contributed by atoms with Gasteiger partial charge in [0.25, 0.3) is 0 Å². The largest absolute Gasteiger partial charge is 2.00 e. The number of halogens is 2. The maximum absolute atomic E-state index is 4.81. The fourth-order valence-corrected chi connectivity index (χ4v) is 8.74. The summed E-state index contributed by atoms with van der Waals surface area (Å²) in [7, 11) is 9.97. The summed E-state index contributed by atoms with van der Waals surface area (Å²) >= 11 is -0.106. The molecule has 0 aliphatic rings. The molecule has 0 spiro atoms. The molecule has 0 saturated heterocycles. The van der Waals surface area contributed by atoms with Gasteiger partial charge in [0.05, 0.1) is 0 Å². The Labute approximate surface area is 229 Å². The van der Waals surface area contributed by atoms with Gasteiger partial charge in [-0.1, -0.05) is 79.1 Å². The Balaban J connectivity index is 0. The first-order chi connectivity index (χ1) is 15.2. The molecule has 0 bridgehead atoms. The molecule has 0 fully saturated rings. The molecule has 2 aromatic rings. The van der Waals surface area contributed by atoms with Crippen LogP contribution in [0.2, 0.25) is 0 Å². The Morgan fingerprint density at radius 1 is 0.656 bits per heavy atom. The van der Waals surface area contributed by atoms with Crippen molar-refractivity contribution in [2.45, 2.75) is 79.1 Å². The zero-order chi connectivity index (χ0) is 23.2. The van der Waals surface area contributed by atoms with Crippen LogP contribution in [0.1, 0.15) is 79.1 Å². The van der Waals surface area contributed by atoms with Gasteiger partial charge in [0.1, 0.15) is 0 Å². The molecule has 2 rings (SSSR count). The Bertz CT molecular complexity index is 498. The van der Waals surface area contributed by atoms with Crippen LogP contribution in [-0.2, 0) is 33.0 Å². The van der Waals surface area contributed by atoms with E-state index in [1.807, 2.05) is 0 Å². The standard InChI is InChI=1S/2C13H22P.2ClH.Fe.Pd/c2*1-3-5-11-14(12-6-4-2)13-9-7-8-10-13;;;;/h2*7-10H,3-6,11-12H2,1-2H3;2*1H;;/q2*-1;;;2*+2/p-2. The van der Waals surface area contributed by atoms with E-state index in [2.05, 4.69) is 76.2 Å². The normalized spacial score (nSPS) is 10.4. The van der Waals surface area contributed by atoms with Crippen molar-refractivity contribution in [3.05, 3.63) is 48.5 Å². The van der Waals surface area contributed by atoms with Crippen molar-refractivity contribution >= 4 is 45.5 Å². The van der Waals surface area contributed by atoms with Crippen LogP contribution in [-0.4, -0.2) is 24.6 Å². The van der Waals surface area contributed by atoms with E-state index >= 15 is 0 Å². The van der Waals surface area contributed by atoms with Crippen molar-refractivity contribution in [3.63, 3.8) is 0 Å². The van der Waals surface area contributed by atoms with Crippen LogP contribution < -0.4 is 10.6 Å². The summed E-state index contributed by atoms with van der Waals surface area (Å²) in [5.41, 5.74) is 0. The van der Waals surface area contributed by atoms with Crippen LogP contribution in [0.15, 0.2) is 48.5 Å². The van der Waals surface area contributed by atoms with Gasteiger partial charge >= 0.3 is 52.1 Å². The Morgan fingerprint density at radius 2 is 0.938 bits per heavy atom. The zero-order valence-electron chi connectivity index (χ0n) is 20.4. The molecule has 6 heteroatoms. The molecule has 0 radical (unpaired) electrons. The summed E-state index contributed by atoms with van der Waals surface area (Å²) in [6, 6.07) is 18.0. The molecule has 0 nitrogen and oxygen atoms in total. The quantitative estimate of drug-likeness (QED) is 0.108. The first-order valence-electron chi connectivity index (χ1n) is 11.9. The van der Waals surface area contributed by atoms with Crippen LogP contribution in [0, 0.1) is 0 Å². The summed E-state index contributed by atoms with van der Waals surface area (Å²) in [6.45, 7) is 9.16. The molecule has 0 N–H and O–H groups in total. The zero-order valence-corrected chi connectivity index (χ0v) is 26.4. The average Bonchev–Trinajstić information content (AvgIpc) is 3.50. The third-order valence-corrected chi connectivity index (χ3v) is 10.6. The summed E-state index contributed by atoms with van der Waals surface area (Å²) < 4.78 is 0. The Kier molecular flexibility index (Phi) is 29.8. The van der Waals surface area contributed by atoms with E-state index in [1.165, 1.54) is 76.0 Å². The molecular weight excluding hydrogens is 607 g/mol. The van der Waals surface area contributed by atoms with E-state index < -0.39 is 0 Å². The topological polar surface area (TPSA) is 0 Å². The van der Waals surface area contributed by atoms with Gasteiger partial charge in [0.2, 0.25) is 0 Å². The minimum absolute atomic E-state index is 0. The number of rotatable bonds is 14. The summed E-state index contributed by atoms with van der Waals surface area (Å²) in [5.74, 6) is 0. The van der Waals surface area contributed by atoms with Gasteiger partial charge < -0.3 is 0 Å². The predicted molar refractivity (Wildman–Crippen MR) is 148 cm³/mol. The molecular formula is C26H44Cl2FeP2Pd. The van der Waals surface area contributed by atoms with Gasteiger partial charge in [-0.05, 0) is 24.6 Å². The van der Waals surface area contributed by atoms with Crippen LogP contribution in [0.3, 0.4) is 0 Å². The number of unbranched alkanes of at least 4 members (excludes halogenated alkanes) is 4. The van der Waals surface area contributed by atoms with Crippen molar-refractivity contribution in [1.29, 1.82) is 0 Å². The van der Waals surface area contributed by atoms with Gasteiger partial charge in [-0.2, -0.15) is 47.0 Å². The molecule has 0 atom stereocenters. The van der Waals surface area contributed by atoms with Crippen molar-refractivity contribution in [2.24, 2.45) is 0 Å². The third kappa shape index (κ3) is 18.6. The van der Waals surface area contributed by atoms with E-state index in [0.29, 0.717) is 0 Å².